The van der Waals surface area contributed by atoms with Crippen molar-refractivity contribution in [3.8, 4) is 11.5 Å². The van der Waals surface area contributed by atoms with Crippen molar-refractivity contribution in [3.63, 3.8) is 0 Å². The van der Waals surface area contributed by atoms with Crippen LogP contribution in [0.1, 0.15) is 5.56 Å². The molecule has 0 aliphatic rings. The largest absolute Gasteiger partial charge is 0.508 e. The number of aromatic hydroxyl groups is 1. The topological polar surface area (TPSA) is 200 Å². The van der Waals surface area contributed by atoms with Gasteiger partial charge >= 0.3 is 0 Å². The zero-order valence-corrected chi connectivity index (χ0v) is 22.9. The number of azo groups is 2. The number of anilines is 1. The normalized spacial score (nSPS) is 12.2. The summed E-state index contributed by atoms with van der Waals surface area (Å²) in [7, 11) is -7.52. The molecular weight excluding hydrogens is 574 g/mol. The molecule has 4 rings (SSSR count). The zero-order valence-electron chi connectivity index (χ0n) is 21.3. The number of phenols is 1. The van der Waals surface area contributed by atoms with Crippen LogP contribution in [0.3, 0.4) is 0 Å². The Morgan fingerprint density at radius 2 is 1.29 bits per heavy atom. The van der Waals surface area contributed by atoms with Gasteiger partial charge in [0.05, 0.1) is 34.8 Å². The maximum atomic E-state index is 12.0. The molecule has 0 aromatic heterocycles. The van der Waals surface area contributed by atoms with Crippen molar-refractivity contribution >= 4 is 48.7 Å². The van der Waals surface area contributed by atoms with E-state index in [1.54, 1.807) is 30.3 Å². The summed E-state index contributed by atoms with van der Waals surface area (Å²) in [6, 6.07) is 20.3. The number of ether oxygens (including phenoxy) is 1. The highest BCUT2D eigenvalue weighted by molar-refractivity contribution is 7.86. The first-order valence-corrected chi connectivity index (χ1v) is 14.5. The number of nitrogens with one attached hydrogen (secondary N) is 1. The molecule has 0 saturated carbocycles. The molecule has 0 atom stereocenters. The van der Waals surface area contributed by atoms with Gasteiger partial charge in [0.2, 0.25) is 0 Å². The summed E-state index contributed by atoms with van der Waals surface area (Å²) in [5.74, 6) is 0.409. The maximum Gasteiger partial charge on any atom is 0.296 e. The minimum atomic E-state index is -4.63. The summed E-state index contributed by atoms with van der Waals surface area (Å²) in [4.78, 5) is -0.724. The fourth-order valence-corrected chi connectivity index (χ4v) is 4.64. The minimum absolute atomic E-state index is 0.0418. The van der Waals surface area contributed by atoms with Crippen LogP contribution in [-0.2, 0) is 26.8 Å². The molecule has 0 aliphatic heterocycles. The molecular formula is C26H23N5O8S2. The first-order valence-electron chi connectivity index (χ1n) is 11.6. The third-order valence-electron chi connectivity index (χ3n) is 5.51. The fourth-order valence-electron chi connectivity index (χ4n) is 3.47. The predicted molar refractivity (Wildman–Crippen MR) is 149 cm³/mol. The van der Waals surface area contributed by atoms with Crippen molar-refractivity contribution in [3.05, 3.63) is 90.5 Å². The van der Waals surface area contributed by atoms with Gasteiger partial charge in [-0.25, -0.2) is 0 Å². The second-order valence-electron chi connectivity index (χ2n) is 8.40. The number of rotatable bonds is 10. The maximum absolute atomic E-state index is 12.0. The minimum Gasteiger partial charge on any atom is -0.508 e. The average molecular weight is 598 g/mol. The van der Waals surface area contributed by atoms with Gasteiger partial charge in [0.25, 0.3) is 20.2 Å². The van der Waals surface area contributed by atoms with Crippen LogP contribution in [0.25, 0.3) is 0 Å². The summed E-state index contributed by atoms with van der Waals surface area (Å²) >= 11 is 0. The highest BCUT2D eigenvalue weighted by Crippen LogP contribution is 2.32. The second kappa shape index (κ2) is 12.2. The molecule has 4 aromatic rings. The van der Waals surface area contributed by atoms with E-state index in [1.165, 1.54) is 43.5 Å². The van der Waals surface area contributed by atoms with Crippen LogP contribution in [0.15, 0.2) is 115 Å². The Kier molecular flexibility index (Phi) is 8.73. The standard InChI is InChI=1S/C26H23N5O8S2/c1-39-25-15-21(32)9-13-23(25)31-29-18-4-2-17(3-5-18)16-27-24-12-8-20(14-26(24)41(36,37)38)30-28-19-6-10-22(11-7-19)40(33,34)35/h2-15,27,32H,16H2,1H3,(H,33,34,35)(H,36,37,38). The van der Waals surface area contributed by atoms with E-state index in [0.29, 0.717) is 17.1 Å². The summed E-state index contributed by atoms with van der Waals surface area (Å²) in [6.45, 7) is 0.215. The van der Waals surface area contributed by atoms with Gasteiger partial charge < -0.3 is 15.2 Å². The molecule has 0 bridgehead atoms. The number of nitrogens with zero attached hydrogens (tertiary/aromatic N) is 4. The number of hydrogen-bond donors (Lipinski definition) is 4. The lowest BCUT2D eigenvalue weighted by molar-refractivity contribution is 0.408. The van der Waals surface area contributed by atoms with E-state index in [9.17, 15) is 26.5 Å². The zero-order chi connectivity index (χ0) is 29.6. The lowest BCUT2D eigenvalue weighted by Crippen LogP contribution is -2.06. The second-order valence-corrected chi connectivity index (χ2v) is 11.2. The Morgan fingerprint density at radius 1 is 0.707 bits per heavy atom. The van der Waals surface area contributed by atoms with E-state index in [4.69, 9.17) is 9.29 Å². The van der Waals surface area contributed by atoms with E-state index in [-0.39, 0.29) is 34.3 Å². The van der Waals surface area contributed by atoms with Crippen LogP contribution < -0.4 is 10.1 Å². The summed E-state index contributed by atoms with van der Waals surface area (Å²) in [5, 5.41) is 28.7. The molecule has 4 aromatic carbocycles. The predicted octanol–water partition coefficient (Wildman–Crippen LogP) is 6.34. The monoisotopic (exact) mass is 597 g/mol. The van der Waals surface area contributed by atoms with Gasteiger partial charge in [0, 0.05) is 12.6 Å². The molecule has 0 radical (unpaired) electrons. The average Bonchev–Trinajstić information content (AvgIpc) is 2.94. The Balaban J connectivity index is 1.45. The van der Waals surface area contributed by atoms with Crippen LogP contribution in [0.2, 0.25) is 0 Å². The molecule has 0 amide bonds. The molecule has 0 fully saturated rings. The van der Waals surface area contributed by atoms with Crippen LogP contribution in [0.5, 0.6) is 11.5 Å². The summed E-state index contributed by atoms with van der Waals surface area (Å²) in [5.41, 5.74) is 2.26. The molecule has 212 valence electrons. The first-order chi connectivity index (χ1) is 19.4. The van der Waals surface area contributed by atoms with Crippen molar-refractivity contribution in [1.82, 2.24) is 0 Å². The Morgan fingerprint density at radius 3 is 1.90 bits per heavy atom. The summed E-state index contributed by atoms with van der Waals surface area (Å²) in [6.07, 6.45) is 0. The van der Waals surface area contributed by atoms with Crippen LogP contribution in [0.4, 0.5) is 28.4 Å². The lowest BCUT2D eigenvalue weighted by atomic mass is 10.2. The Bertz CT molecular complexity index is 1830. The van der Waals surface area contributed by atoms with Crippen molar-refractivity contribution in [2.75, 3.05) is 12.4 Å². The van der Waals surface area contributed by atoms with Gasteiger partial charge in [-0.1, -0.05) is 12.1 Å². The fraction of sp³-hybridized carbons (Fsp3) is 0.0769. The molecule has 41 heavy (non-hydrogen) atoms. The van der Waals surface area contributed by atoms with Crippen LogP contribution in [0, 0.1) is 0 Å². The Hall–Kier alpha value is -4.70. The van der Waals surface area contributed by atoms with Gasteiger partial charge in [0.1, 0.15) is 22.1 Å². The van der Waals surface area contributed by atoms with Gasteiger partial charge in [-0.3, -0.25) is 9.11 Å². The number of phenolic OH excluding ortho intramolecular Hbond substituents is 1. The summed E-state index contributed by atoms with van der Waals surface area (Å²) < 4.78 is 70.4. The van der Waals surface area contributed by atoms with Gasteiger partial charge in [-0.15, -0.1) is 5.11 Å². The van der Waals surface area contributed by atoms with Gasteiger partial charge in [-0.05, 0) is 72.3 Å². The van der Waals surface area contributed by atoms with Crippen molar-refractivity contribution in [2.45, 2.75) is 16.3 Å². The molecule has 0 unspecified atom stereocenters. The smallest absolute Gasteiger partial charge is 0.296 e. The number of methoxy groups -OCH3 is 1. The highest BCUT2D eigenvalue weighted by Gasteiger charge is 2.17. The van der Waals surface area contributed by atoms with E-state index < -0.39 is 25.1 Å². The van der Waals surface area contributed by atoms with E-state index in [0.717, 1.165) is 23.8 Å². The van der Waals surface area contributed by atoms with Crippen LogP contribution >= 0.6 is 0 Å². The third kappa shape index (κ3) is 7.92. The highest BCUT2D eigenvalue weighted by atomic mass is 32.2. The van der Waals surface area contributed by atoms with Gasteiger partial charge in [-0.2, -0.15) is 32.2 Å². The van der Waals surface area contributed by atoms with E-state index in [1.807, 2.05) is 0 Å². The van der Waals surface area contributed by atoms with Gasteiger partial charge in [0.15, 0.2) is 0 Å². The lowest BCUT2D eigenvalue weighted by Gasteiger charge is -2.11. The molecule has 0 spiro atoms. The third-order valence-corrected chi connectivity index (χ3v) is 7.28. The molecule has 0 aliphatic carbocycles. The Labute approximate surface area is 235 Å². The molecule has 15 heteroatoms. The molecule has 13 nitrogen and oxygen atoms in total. The number of benzene rings is 4. The molecule has 0 saturated heterocycles. The van der Waals surface area contributed by atoms with E-state index in [2.05, 4.69) is 25.8 Å². The number of hydrogen-bond acceptors (Lipinski definition) is 11. The van der Waals surface area contributed by atoms with Crippen LogP contribution in [-0.4, -0.2) is 38.2 Å². The quantitative estimate of drug-likeness (QED) is 0.119. The first kappa shape index (κ1) is 29.3. The molecule has 4 N–H and O–H groups in total. The van der Waals surface area contributed by atoms with E-state index >= 15 is 0 Å². The SMILES string of the molecule is COc1cc(O)ccc1N=Nc1ccc(CNc2ccc(N=Nc3ccc(S(=O)(=O)O)cc3)cc2S(=O)(=O)O)cc1. The van der Waals surface area contributed by atoms with Crippen molar-refractivity contribution < 1.29 is 35.8 Å². The molecule has 0 heterocycles. The van der Waals surface area contributed by atoms with Crippen molar-refractivity contribution in [1.29, 1.82) is 0 Å². The van der Waals surface area contributed by atoms with Crippen molar-refractivity contribution in [2.24, 2.45) is 20.5 Å².